The van der Waals surface area contributed by atoms with Crippen LogP contribution in [0.25, 0.3) is 0 Å². The lowest BCUT2D eigenvalue weighted by molar-refractivity contribution is -0.125. The lowest BCUT2D eigenvalue weighted by Crippen LogP contribution is -2.59. The predicted octanol–water partition coefficient (Wildman–Crippen LogP) is 3.10. The summed E-state index contributed by atoms with van der Waals surface area (Å²) in [5, 5.41) is 3.16. The second-order valence-corrected chi connectivity index (χ2v) is 8.12. The van der Waals surface area contributed by atoms with E-state index in [4.69, 9.17) is 9.47 Å². The van der Waals surface area contributed by atoms with E-state index in [1.807, 2.05) is 11.8 Å². The number of morpholine rings is 1. The van der Waals surface area contributed by atoms with Crippen molar-refractivity contribution in [2.75, 3.05) is 32.8 Å². The number of nitrogens with zero attached hydrogens (tertiary/aromatic N) is 1. The molecule has 2 amide bonds. The molecule has 5 heteroatoms. The van der Waals surface area contributed by atoms with Gasteiger partial charge < -0.3 is 19.7 Å². The van der Waals surface area contributed by atoms with Crippen LogP contribution in [0.1, 0.15) is 52.9 Å². The molecule has 1 aliphatic carbocycles. The van der Waals surface area contributed by atoms with Crippen molar-refractivity contribution < 1.29 is 14.3 Å². The molecular weight excluding hydrogens is 304 g/mol. The Bertz CT molecular complexity index is 503. The molecule has 2 heterocycles. The molecule has 2 unspecified atom stereocenters. The van der Waals surface area contributed by atoms with Crippen LogP contribution in [-0.2, 0) is 9.47 Å². The molecule has 3 aliphatic rings. The van der Waals surface area contributed by atoms with Gasteiger partial charge >= 0.3 is 6.03 Å². The molecule has 24 heavy (non-hydrogen) atoms. The van der Waals surface area contributed by atoms with Gasteiger partial charge in [0.05, 0.1) is 19.3 Å². The smallest absolute Gasteiger partial charge is 0.317 e. The van der Waals surface area contributed by atoms with Gasteiger partial charge in [0.1, 0.15) is 5.60 Å². The Labute approximate surface area is 145 Å². The second-order valence-electron chi connectivity index (χ2n) is 8.12. The van der Waals surface area contributed by atoms with Crippen LogP contribution in [0, 0.1) is 5.41 Å². The minimum absolute atomic E-state index is 0.0289. The first-order valence-electron chi connectivity index (χ1n) is 9.41. The minimum Gasteiger partial charge on any atom is -0.375 e. The topological polar surface area (TPSA) is 50.8 Å². The van der Waals surface area contributed by atoms with Crippen molar-refractivity contribution in [1.29, 1.82) is 0 Å². The van der Waals surface area contributed by atoms with Gasteiger partial charge in [-0.25, -0.2) is 4.79 Å². The molecule has 1 N–H and O–H groups in total. The summed E-state index contributed by atoms with van der Waals surface area (Å²) in [5.74, 6) is 0. The fourth-order valence-electron chi connectivity index (χ4n) is 4.12. The summed E-state index contributed by atoms with van der Waals surface area (Å²) in [6.45, 7) is 9.80. The summed E-state index contributed by atoms with van der Waals surface area (Å²) < 4.78 is 11.7. The van der Waals surface area contributed by atoms with E-state index in [1.165, 1.54) is 31.3 Å². The molecule has 2 fully saturated rings. The van der Waals surface area contributed by atoms with E-state index in [-0.39, 0.29) is 23.2 Å². The summed E-state index contributed by atoms with van der Waals surface area (Å²) in [6.07, 6.45) is 8.20. The van der Waals surface area contributed by atoms with Crippen LogP contribution in [0.3, 0.4) is 0 Å². The number of ether oxygens (including phenoxy) is 2. The summed E-state index contributed by atoms with van der Waals surface area (Å²) in [7, 11) is 0. The maximum atomic E-state index is 12.7. The zero-order valence-corrected chi connectivity index (χ0v) is 15.4. The highest BCUT2D eigenvalue weighted by Gasteiger charge is 2.47. The zero-order valence-electron chi connectivity index (χ0n) is 15.4. The number of rotatable bonds is 3. The quantitative estimate of drug-likeness (QED) is 0.806. The van der Waals surface area contributed by atoms with Crippen LogP contribution in [0.4, 0.5) is 4.79 Å². The van der Waals surface area contributed by atoms with E-state index in [9.17, 15) is 4.79 Å². The van der Waals surface area contributed by atoms with Crippen molar-refractivity contribution in [3.63, 3.8) is 0 Å². The predicted molar refractivity (Wildman–Crippen MR) is 94.0 cm³/mol. The van der Waals surface area contributed by atoms with E-state index < -0.39 is 0 Å². The first kappa shape index (κ1) is 17.7. The van der Waals surface area contributed by atoms with Crippen molar-refractivity contribution in [2.24, 2.45) is 5.41 Å². The van der Waals surface area contributed by atoms with Gasteiger partial charge in [0.2, 0.25) is 0 Å². The first-order valence-corrected chi connectivity index (χ1v) is 9.41. The van der Waals surface area contributed by atoms with Crippen LogP contribution < -0.4 is 5.32 Å². The first-order chi connectivity index (χ1) is 11.4. The van der Waals surface area contributed by atoms with Crippen LogP contribution in [0.2, 0.25) is 0 Å². The van der Waals surface area contributed by atoms with Gasteiger partial charge in [-0.3, -0.25) is 0 Å². The molecule has 2 saturated heterocycles. The highest BCUT2D eigenvalue weighted by atomic mass is 16.6. The number of nitrogens with one attached hydrogen (secondary N) is 1. The van der Waals surface area contributed by atoms with Crippen LogP contribution in [-0.4, -0.2) is 55.5 Å². The number of amides is 2. The standard InChI is InChI=1S/C19H32N2O3/c1-15-19(9-11-23-15)14-21(10-12-24-19)17(22)20-13-18(2,3)16-7-5-4-6-8-16/h7,15H,4-6,8-14H2,1-3H3,(H,20,22). The molecular formula is C19H32N2O3. The van der Waals surface area contributed by atoms with E-state index in [1.54, 1.807) is 0 Å². The monoisotopic (exact) mass is 336 g/mol. The highest BCUT2D eigenvalue weighted by molar-refractivity contribution is 5.74. The lowest BCUT2D eigenvalue weighted by Gasteiger charge is -2.42. The number of carbonyl (C=O) groups excluding carboxylic acids is 1. The molecule has 0 bridgehead atoms. The van der Waals surface area contributed by atoms with Gasteiger partial charge in [0.25, 0.3) is 0 Å². The third-order valence-corrected chi connectivity index (χ3v) is 5.97. The van der Waals surface area contributed by atoms with E-state index in [0.717, 1.165) is 13.0 Å². The summed E-state index contributed by atoms with van der Waals surface area (Å²) in [4.78, 5) is 14.6. The summed E-state index contributed by atoms with van der Waals surface area (Å²) >= 11 is 0. The fraction of sp³-hybridized carbons (Fsp3) is 0.842. The Kier molecular flexibility index (Phi) is 5.21. The SMILES string of the molecule is CC1OCCC12CN(C(=O)NCC(C)(C)C1=CCCCC1)CCO2. The van der Waals surface area contributed by atoms with Gasteiger partial charge in [0.15, 0.2) is 0 Å². The maximum Gasteiger partial charge on any atom is 0.317 e. The zero-order chi connectivity index (χ0) is 17.2. The lowest BCUT2D eigenvalue weighted by atomic mass is 9.78. The molecule has 1 spiro atoms. The van der Waals surface area contributed by atoms with Crippen molar-refractivity contribution in [3.05, 3.63) is 11.6 Å². The minimum atomic E-state index is -0.309. The fourth-order valence-corrected chi connectivity index (χ4v) is 4.12. The Morgan fingerprint density at radius 1 is 1.42 bits per heavy atom. The Morgan fingerprint density at radius 2 is 2.25 bits per heavy atom. The Balaban J connectivity index is 1.55. The molecule has 136 valence electrons. The van der Waals surface area contributed by atoms with E-state index in [0.29, 0.717) is 26.2 Å². The third-order valence-electron chi connectivity index (χ3n) is 5.97. The normalized spacial score (nSPS) is 31.2. The molecule has 2 atom stereocenters. The van der Waals surface area contributed by atoms with Crippen LogP contribution >= 0.6 is 0 Å². The highest BCUT2D eigenvalue weighted by Crippen LogP contribution is 2.34. The summed E-state index contributed by atoms with van der Waals surface area (Å²) in [6, 6.07) is 0.0289. The number of hydrogen-bond donors (Lipinski definition) is 1. The maximum absolute atomic E-state index is 12.7. The van der Waals surface area contributed by atoms with Gasteiger partial charge in [-0.15, -0.1) is 0 Å². The Hall–Kier alpha value is -1.07. The molecule has 0 aromatic rings. The molecule has 0 radical (unpaired) electrons. The number of allylic oxidation sites excluding steroid dienone is 1. The van der Waals surface area contributed by atoms with Crippen molar-refractivity contribution in [3.8, 4) is 0 Å². The molecule has 0 saturated carbocycles. The van der Waals surface area contributed by atoms with Crippen molar-refractivity contribution >= 4 is 6.03 Å². The van der Waals surface area contributed by atoms with Crippen LogP contribution in [0.5, 0.6) is 0 Å². The molecule has 5 nitrogen and oxygen atoms in total. The summed E-state index contributed by atoms with van der Waals surface area (Å²) in [5.41, 5.74) is 1.21. The van der Waals surface area contributed by atoms with Gasteiger partial charge in [-0.1, -0.05) is 25.5 Å². The molecule has 0 aromatic carbocycles. The van der Waals surface area contributed by atoms with Crippen molar-refractivity contribution in [2.45, 2.75) is 64.6 Å². The number of urea groups is 1. The van der Waals surface area contributed by atoms with Crippen molar-refractivity contribution in [1.82, 2.24) is 10.2 Å². The number of hydrogen-bond acceptors (Lipinski definition) is 3. The number of carbonyl (C=O) groups is 1. The average Bonchev–Trinajstić information content (AvgIpc) is 2.93. The van der Waals surface area contributed by atoms with Gasteiger partial charge in [-0.2, -0.15) is 0 Å². The molecule has 0 aromatic heterocycles. The average molecular weight is 336 g/mol. The second kappa shape index (κ2) is 7.04. The third kappa shape index (κ3) is 3.62. The van der Waals surface area contributed by atoms with Gasteiger partial charge in [-0.05, 0) is 32.6 Å². The van der Waals surface area contributed by atoms with Gasteiger partial charge in [0, 0.05) is 31.5 Å². The molecule has 3 rings (SSSR count). The largest absolute Gasteiger partial charge is 0.375 e. The Morgan fingerprint density at radius 3 is 2.92 bits per heavy atom. The van der Waals surface area contributed by atoms with E-state index >= 15 is 0 Å². The van der Waals surface area contributed by atoms with Crippen LogP contribution in [0.15, 0.2) is 11.6 Å². The molecule has 2 aliphatic heterocycles. The van der Waals surface area contributed by atoms with E-state index in [2.05, 4.69) is 25.2 Å².